The van der Waals surface area contributed by atoms with Gasteiger partial charge >= 0.3 is 0 Å². The molecule has 0 fully saturated rings. The van der Waals surface area contributed by atoms with Crippen LogP contribution >= 0.6 is 0 Å². The van der Waals surface area contributed by atoms with Crippen LogP contribution < -0.4 is 5.01 Å². The Morgan fingerprint density at radius 3 is 2.75 bits per heavy atom. The fourth-order valence-corrected chi connectivity index (χ4v) is 1.30. The minimum absolute atomic E-state index is 0.886. The van der Waals surface area contributed by atoms with Gasteiger partial charge in [-0.1, -0.05) is 0 Å². The van der Waals surface area contributed by atoms with Crippen LogP contribution in [0.4, 0.5) is 0 Å². The smallest absolute Gasteiger partial charge is 0.124 e. The molecule has 4 heteroatoms. The van der Waals surface area contributed by atoms with Gasteiger partial charge in [0.1, 0.15) is 12.5 Å². The van der Waals surface area contributed by atoms with Crippen molar-refractivity contribution in [1.82, 2.24) is 14.6 Å². The normalized spacial score (nSPS) is 16.2. The molecule has 1 aromatic rings. The van der Waals surface area contributed by atoms with E-state index in [0.29, 0.717) is 0 Å². The first-order chi connectivity index (χ1) is 5.77. The van der Waals surface area contributed by atoms with Crippen molar-refractivity contribution in [3.63, 3.8) is 0 Å². The van der Waals surface area contributed by atoms with Crippen LogP contribution in [0, 0.1) is 6.92 Å². The zero-order valence-electron chi connectivity index (χ0n) is 7.31. The van der Waals surface area contributed by atoms with Gasteiger partial charge in [-0.15, -0.1) is 0 Å². The van der Waals surface area contributed by atoms with Gasteiger partial charge in [-0.05, 0) is 6.92 Å². The van der Waals surface area contributed by atoms with Crippen LogP contribution in [0.1, 0.15) is 5.82 Å². The molecule has 64 valence electrons. The highest BCUT2D eigenvalue weighted by molar-refractivity contribution is 5.10. The van der Waals surface area contributed by atoms with Crippen LogP contribution in [-0.2, 0) is 0 Å². The van der Waals surface area contributed by atoms with Gasteiger partial charge in [0.15, 0.2) is 0 Å². The minimum Gasteiger partial charge on any atom is -0.360 e. The number of aromatic nitrogens is 2. The van der Waals surface area contributed by atoms with Crippen molar-refractivity contribution in [2.75, 3.05) is 18.7 Å². The van der Waals surface area contributed by atoms with E-state index in [-0.39, 0.29) is 0 Å². The molecule has 2 rings (SSSR count). The Labute approximate surface area is 71.7 Å². The van der Waals surface area contributed by atoms with Gasteiger partial charge in [-0.3, -0.25) is 5.01 Å². The summed E-state index contributed by atoms with van der Waals surface area (Å²) in [4.78, 5) is 6.27. The quantitative estimate of drug-likeness (QED) is 0.604. The molecule has 0 radical (unpaired) electrons. The maximum atomic E-state index is 4.16. The molecule has 4 nitrogen and oxygen atoms in total. The highest BCUT2D eigenvalue weighted by Gasteiger charge is 2.10. The van der Waals surface area contributed by atoms with E-state index in [1.807, 2.05) is 43.4 Å². The van der Waals surface area contributed by atoms with E-state index in [1.165, 1.54) is 0 Å². The molecule has 0 amide bonds. The standard InChI is InChI=1S/C8H12N4/c1-8-9-3-4-12(8)11-6-5-10(2)7-11/h3-6H,7H2,1-2H3. The van der Waals surface area contributed by atoms with Gasteiger partial charge in [0.05, 0.1) is 0 Å². The van der Waals surface area contributed by atoms with Gasteiger partial charge in [-0.25, -0.2) is 9.66 Å². The van der Waals surface area contributed by atoms with Crippen molar-refractivity contribution >= 4 is 0 Å². The third-order valence-electron chi connectivity index (χ3n) is 1.94. The van der Waals surface area contributed by atoms with Gasteiger partial charge in [0.25, 0.3) is 0 Å². The lowest BCUT2D eigenvalue weighted by Gasteiger charge is -2.19. The fraction of sp³-hybridized carbons (Fsp3) is 0.375. The average Bonchev–Trinajstić information content (AvgIpc) is 2.58. The topological polar surface area (TPSA) is 24.3 Å². The van der Waals surface area contributed by atoms with Crippen molar-refractivity contribution in [3.8, 4) is 0 Å². The monoisotopic (exact) mass is 164 g/mol. The summed E-state index contributed by atoms with van der Waals surface area (Å²) in [6.07, 6.45) is 7.84. The summed E-state index contributed by atoms with van der Waals surface area (Å²) in [5, 5.41) is 2.10. The van der Waals surface area contributed by atoms with E-state index in [1.54, 1.807) is 0 Å². The Morgan fingerprint density at radius 1 is 1.42 bits per heavy atom. The first kappa shape index (κ1) is 7.21. The molecule has 0 unspecified atom stereocenters. The summed E-state index contributed by atoms with van der Waals surface area (Å²) < 4.78 is 2.03. The molecule has 1 aromatic heterocycles. The van der Waals surface area contributed by atoms with Crippen LogP contribution in [0.3, 0.4) is 0 Å². The van der Waals surface area contributed by atoms with Gasteiger partial charge in [0, 0.05) is 31.8 Å². The van der Waals surface area contributed by atoms with Crippen LogP contribution in [0.15, 0.2) is 24.8 Å². The average molecular weight is 164 g/mol. The van der Waals surface area contributed by atoms with Crippen molar-refractivity contribution in [2.24, 2.45) is 0 Å². The van der Waals surface area contributed by atoms with E-state index in [2.05, 4.69) is 14.9 Å². The molecular formula is C8H12N4. The van der Waals surface area contributed by atoms with E-state index in [0.717, 1.165) is 12.5 Å². The molecule has 0 bridgehead atoms. The SMILES string of the molecule is Cc1nccn1N1C=CN(C)C1. The summed E-state index contributed by atoms with van der Waals surface area (Å²) in [6.45, 7) is 2.88. The summed E-state index contributed by atoms with van der Waals surface area (Å²) >= 11 is 0. The Morgan fingerprint density at radius 2 is 2.25 bits per heavy atom. The molecule has 2 heterocycles. The largest absolute Gasteiger partial charge is 0.360 e. The zero-order chi connectivity index (χ0) is 8.55. The highest BCUT2D eigenvalue weighted by atomic mass is 15.6. The lowest BCUT2D eigenvalue weighted by atomic mass is 10.7. The molecule has 0 N–H and O–H groups in total. The van der Waals surface area contributed by atoms with Crippen molar-refractivity contribution in [3.05, 3.63) is 30.6 Å². The number of aryl methyl sites for hydroxylation is 1. The molecule has 0 saturated heterocycles. The van der Waals surface area contributed by atoms with E-state index < -0.39 is 0 Å². The summed E-state index contributed by atoms with van der Waals surface area (Å²) in [6, 6.07) is 0. The van der Waals surface area contributed by atoms with Crippen molar-refractivity contribution in [2.45, 2.75) is 6.92 Å². The Bertz CT molecular complexity index is 302. The van der Waals surface area contributed by atoms with E-state index in [9.17, 15) is 0 Å². The number of hydrogen-bond donors (Lipinski definition) is 0. The molecule has 0 aromatic carbocycles. The summed E-state index contributed by atoms with van der Waals surface area (Å²) in [7, 11) is 2.04. The van der Waals surface area contributed by atoms with Crippen LogP contribution in [0.5, 0.6) is 0 Å². The molecule has 1 aliphatic rings. The Balaban J connectivity index is 2.22. The van der Waals surface area contributed by atoms with E-state index in [4.69, 9.17) is 0 Å². The predicted molar refractivity (Wildman–Crippen MR) is 47.0 cm³/mol. The molecule has 1 aliphatic heterocycles. The van der Waals surface area contributed by atoms with Gasteiger partial charge < -0.3 is 4.90 Å². The van der Waals surface area contributed by atoms with Crippen molar-refractivity contribution < 1.29 is 0 Å². The third-order valence-corrected chi connectivity index (χ3v) is 1.94. The predicted octanol–water partition coefficient (Wildman–Crippen LogP) is 0.504. The number of rotatable bonds is 1. The Hall–Kier alpha value is -1.45. The first-order valence-electron chi connectivity index (χ1n) is 3.93. The molecule has 0 aliphatic carbocycles. The fourth-order valence-electron chi connectivity index (χ4n) is 1.30. The molecular weight excluding hydrogens is 152 g/mol. The zero-order valence-corrected chi connectivity index (χ0v) is 7.31. The molecule has 12 heavy (non-hydrogen) atoms. The minimum atomic E-state index is 0.886. The van der Waals surface area contributed by atoms with Crippen molar-refractivity contribution in [1.29, 1.82) is 0 Å². The Kier molecular flexibility index (Phi) is 1.53. The molecule has 0 saturated carbocycles. The van der Waals surface area contributed by atoms with Crippen LogP contribution in [0.2, 0.25) is 0 Å². The molecule has 0 atom stereocenters. The number of hydrogen-bond acceptors (Lipinski definition) is 3. The third kappa shape index (κ3) is 1.05. The lowest BCUT2D eigenvalue weighted by molar-refractivity contribution is 0.456. The maximum absolute atomic E-state index is 4.16. The van der Waals surface area contributed by atoms with E-state index >= 15 is 0 Å². The second-order valence-electron chi connectivity index (χ2n) is 2.96. The van der Waals surface area contributed by atoms with Gasteiger partial charge in [-0.2, -0.15) is 0 Å². The summed E-state index contributed by atoms with van der Waals surface area (Å²) in [5.41, 5.74) is 0. The first-order valence-corrected chi connectivity index (χ1v) is 3.93. The number of nitrogens with zero attached hydrogens (tertiary/aromatic N) is 4. The second-order valence-corrected chi connectivity index (χ2v) is 2.96. The van der Waals surface area contributed by atoms with Crippen LogP contribution in [-0.4, -0.2) is 28.3 Å². The lowest BCUT2D eigenvalue weighted by Crippen LogP contribution is -2.31. The second kappa shape index (κ2) is 2.55. The summed E-state index contributed by atoms with van der Waals surface area (Å²) in [5.74, 6) is 1.01. The molecule has 0 spiro atoms. The number of imidazole rings is 1. The van der Waals surface area contributed by atoms with Crippen LogP contribution in [0.25, 0.3) is 0 Å². The highest BCUT2D eigenvalue weighted by Crippen LogP contribution is 2.05. The maximum Gasteiger partial charge on any atom is 0.124 e. The van der Waals surface area contributed by atoms with Gasteiger partial charge in [0.2, 0.25) is 0 Å².